The normalized spacial score (nSPS) is 27.2. The minimum absolute atomic E-state index is 0.00101. The predicted octanol–water partition coefficient (Wildman–Crippen LogP) is 16.5. The Morgan fingerprint density at radius 2 is 1.35 bits per heavy atom. The van der Waals surface area contributed by atoms with Crippen LogP contribution in [-0.4, -0.2) is 123 Å². The molecule has 79 heavy (non-hydrogen) atoms. The van der Waals surface area contributed by atoms with Gasteiger partial charge in [0.2, 0.25) is 14.2 Å². The van der Waals surface area contributed by atoms with Gasteiger partial charge < -0.3 is 36.6 Å². The van der Waals surface area contributed by atoms with E-state index < -0.39 is 113 Å². The summed E-state index contributed by atoms with van der Waals surface area (Å²) in [5.74, 6) is -2.24. The number of ether oxygens (including phenoxy) is 4. The van der Waals surface area contributed by atoms with Gasteiger partial charge in [-0.25, -0.2) is 4.98 Å². The van der Waals surface area contributed by atoms with E-state index in [-0.39, 0.29) is 40.9 Å². The van der Waals surface area contributed by atoms with Crippen molar-refractivity contribution in [2.45, 2.75) is 269 Å². The molecule has 23 heteroatoms. The molecule has 0 N–H and O–H groups in total. The van der Waals surface area contributed by atoms with Crippen LogP contribution in [0.4, 0.5) is 26.3 Å². The van der Waals surface area contributed by atoms with Gasteiger partial charge in [-0.15, -0.1) is 0 Å². The number of hydrogen-bond donors (Lipinski definition) is 0. The molecule has 0 spiro atoms. The molecule has 3 aliphatic rings. The van der Waals surface area contributed by atoms with Crippen molar-refractivity contribution >= 4 is 44.6 Å². The molecule has 0 amide bonds. The first-order valence-corrected chi connectivity index (χ1v) is 38.1. The Kier molecular flexibility index (Phi) is 24.3. The summed E-state index contributed by atoms with van der Waals surface area (Å²) in [6, 6.07) is 0. The van der Waals surface area contributed by atoms with Gasteiger partial charge in [-0.3, -0.25) is 18.4 Å². The molecule has 0 aliphatic carbocycles. The maximum absolute atomic E-state index is 13.5. The van der Waals surface area contributed by atoms with E-state index in [0.717, 1.165) is 24.8 Å². The molecule has 11 atom stereocenters. The largest absolute Gasteiger partial charge is 0.461 e. The first-order valence-electron chi connectivity index (χ1n) is 28.4. The SMILES string of the molecule is C=C1C[C@H](C[C@@H]2C[C@@H](O[Si](C(C)C)(C(C)C)C(C)C)C[C@H](c3coc(/C=C/C[C@H]4O[C@@H]([C@@H](C)O[Si](C)(C)C(C)(C)C)[C@H](C)[C@@H](OC(=O)CP(=O)(OCC(F)(F)F)OCC(F)(F)F)[C@H]4C)n3)O2)O[C@@H](CCO[Si](C)(C)C(C)(C)C)C1. The summed E-state index contributed by atoms with van der Waals surface area (Å²) in [5, 5.41) is -0.0784. The molecule has 0 unspecified atom stereocenters. The summed E-state index contributed by atoms with van der Waals surface area (Å²) in [5.41, 5.74) is 2.89. The minimum atomic E-state index is -5.31. The predicted molar refractivity (Wildman–Crippen MR) is 303 cm³/mol. The minimum Gasteiger partial charge on any atom is -0.461 e. The van der Waals surface area contributed by atoms with Crippen LogP contribution in [0, 0.1) is 11.8 Å². The van der Waals surface area contributed by atoms with Crippen LogP contribution in [0.3, 0.4) is 0 Å². The molecule has 1 aromatic heterocycles. The Morgan fingerprint density at radius 1 is 0.797 bits per heavy atom. The fourth-order valence-corrected chi connectivity index (χ4v) is 20.6. The van der Waals surface area contributed by atoms with Gasteiger partial charge in [0, 0.05) is 31.3 Å². The molecule has 4 rings (SSSR count). The number of nitrogens with zero attached hydrogens (tertiary/aromatic N) is 1. The zero-order valence-corrected chi connectivity index (χ0v) is 54.8. The number of halogens is 6. The van der Waals surface area contributed by atoms with Crippen molar-refractivity contribution in [2.75, 3.05) is 26.0 Å². The zero-order chi connectivity index (χ0) is 60.1. The number of alkyl halides is 6. The number of hydrogen-bond acceptors (Lipinski definition) is 13. The molecule has 1 aromatic rings. The maximum atomic E-state index is 13.5. The van der Waals surface area contributed by atoms with Gasteiger partial charge in [-0.05, 0) is 98.0 Å². The molecular formula is C56H98F6NO12PSi3. The standard InChI is InChI=1S/C56H98F6NO12PSi3/c1-35(2)79(36(3)4,37(5)6)75-45-29-44(28-43-27-38(7)26-42(70-43)24-25-69-77(17,18)53(11,12)13)71-48(30-45)46-31-66-49(63-46)23-21-22-47-39(8)51(40(9)52(72-47)41(10)74-78(19,20)54(14,15)16)73-50(64)32-76(65,67-33-55(57,58)59)68-34-56(60,61)62/h21,23,31,35-37,39-45,47-48,51-52H,7,22,24-30,32-34H2,1-6,8-20H3/b23-21+/t39-,40+,41+,42-,43+,44+,45+,47+,48+,51-,52+/m0/s1. The highest BCUT2D eigenvalue weighted by Gasteiger charge is 2.51. The van der Waals surface area contributed by atoms with Crippen LogP contribution in [0.1, 0.15) is 166 Å². The molecule has 3 saturated heterocycles. The van der Waals surface area contributed by atoms with Crippen LogP contribution in [-0.2, 0) is 50.6 Å². The van der Waals surface area contributed by atoms with Crippen molar-refractivity contribution in [2.24, 2.45) is 11.8 Å². The lowest BCUT2D eigenvalue weighted by atomic mass is 9.80. The van der Waals surface area contributed by atoms with E-state index in [0.29, 0.717) is 54.1 Å². The van der Waals surface area contributed by atoms with E-state index in [1.54, 1.807) is 26.2 Å². The molecule has 0 bridgehead atoms. The summed E-state index contributed by atoms with van der Waals surface area (Å²) in [6.45, 7) is 41.4. The third-order valence-corrected chi connectivity index (χ3v) is 34.2. The molecule has 3 aliphatic heterocycles. The third-order valence-electron chi connectivity index (χ3n) is 17.3. The average Bonchev–Trinajstić information content (AvgIpc) is 3.77. The van der Waals surface area contributed by atoms with Gasteiger partial charge in [0.1, 0.15) is 30.3 Å². The van der Waals surface area contributed by atoms with Crippen LogP contribution in [0.25, 0.3) is 6.08 Å². The Labute approximate surface area is 472 Å². The molecule has 4 heterocycles. The van der Waals surface area contributed by atoms with Crippen molar-refractivity contribution in [3.8, 4) is 0 Å². The van der Waals surface area contributed by atoms with Gasteiger partial charge in [-0.2, -0.15) is 26.3 Å². The molecule has 3 fully saturated rings. The van der Waals surface area contributed by atoms with Crippen LogP contribution in [0.5, 0.6) is 0 Å². The molecule has 0 radical (unpaired) electrons. The van der Waals surface area contributed by atoms with Gasteiger partial charge >= 0.3 is 25.9 Å². The highest BCUT2D eigenvalue weighted by Crippen LogP contribution is 2.52. The van der Waals surface area contributed by atoms with Crippen LogP contribution < -0.4 is 0 Å². The lowest BCUT2D eigenvalue weighted by Gasteiger charge is -2.48. The van der Waals surface area contributed by atoms with Crippen molar-refractivity contribution in [1.82, 2.24) is 4.98 Å². The van der Waals surface area contributed by atoms with Crippen molar-refractivity contribution in [3.63, 3.8) is 0 Å². The zero-order valence-electron chi connectivity index (χ0n) is 50.9. The quantitative estimate of drug-likeness (QED) is 0.0301. The fourth-order valence-electron chi connectivity index (χ4n) is 11.2. The number of esters is 1. The van der Waals surface area contributed by atoms with E-state index in [9.17, 15) is 35.7 Å². The van der Waals surface area contributed by atoms with Crippen LogP contribution in [0.2, 0.25) is 52.9 Å². The lowest BCUT2D eigenvalue weighted by Crippen LogP contribution is -2.56. The lowest BCUT2D eigenvalue weighted by molar-refractivity contribution is -0.204. The number of aromatic nitrogens is 1. The number of carbonyl (C=O) groups is 1. The summed E-state index contributed by atoms with van der Waals surface area (Å²) in [7, 11) is -12.0. The Bertz CT molecular complexity index is 2150. The topological polar surface area (TPSA) is 143 Å². The van der Waals surface area contributed by atoms with Crippen LogP contribution in [0.15, 0.2) is 28.9 Å². The Hall–Kier alpha value is -1.70. The number of carbonyl (C=O) groups excluding carboxylic acids is 1. The van der Waals surface area contributed by atoms with Gasteiger partial charge in [0.25, 0.3) is 0 Å². The maximum Gasteiger partial charge on any atom is 0.412 e. The van der Waals surface area contributed by atoms with Gasteiger partial charge in [0.15, 0.2) is 29.8 Å². The van der Waals surface area contributed by atoms with Gasteiger partial charge in [0.05, 0.1) is 42.7 Å². The highest BCUT2D eigenvalue weighted by molar-refractivity contribution is 7.54. The summed E-state index contributed by atoms with van der Waals surface area (Å²) >= 11 is 0. The van der Waals surface area contributed by atoms with Crippen LogP contribution >= 0.6 is 7.60 Å². The van der Waals surface area contributed by atoms with Crippen molar-refractivity contribution < 1.29 is 81.4 Å². The second kappa shape index (κ2) is 27.6. The fraction of sp³-hybridized carbons (Fsp3) is 0.857. The van der Waals surface area contributed by atoms with Crippen molar-refractivity contribution in [1.29, 1.82) is 0 Å². The Morgan fingerprint density at radius 3 is 1.89 bits per heavy atom. The van der Waals surface area contributed by atoms with E-state index in [2.05, 4.69) is 125 Å². The third kappa shape index (κ3) is 20.0. The van der Waals surface area contributed by atoms with Crippen molar-refractivity contribution in [3.05, 3.63) is 36.1 Å². The molecule has 0 saturated carbocycles. The van der Waals surface area contributed by atoms with E-state index in [4.69, 9.17) is 41.6 Å². The number of oxazole rings is 1. The summed E-state index contributed by atoms with van der Waals surface area (Å²) < 4.78 is 154. The van der Waals surface area contributed by atoms with E-state index in [1.807, 2.05) is 13.0 Å². The summed E-state index contributed by atoms with van der Waals surface area (Å²) in [4.78, 5) is 18.4. The summed E-state index contributed by atoms with van der Waals surface area (Å²) in [6.07, 6.45) is -5.70. The second-order valence-electron chi connectivity index (χ2n) is 26.6. The van der Waals surface area contributed by atoms with E-state index in [1.165, 1.54) is 0 Å². The molecule has 458 valence electrons. The molecule has 0 aromatic carbocycles. The smallest absolute Gasteiger partial charge is 0.412 e. The average molecular weight is 1210 g/mol. The molecule has 13 nitrogen and oxygen atoms in total. The monoisotopic (exact) mass is 1210 g/mol. The first kappa shape index (κ1) is 69.8. The Balaban J connectivity index is 1.59. The van der Waals surface area contributed by atoms with E-state index >= 15 is 0 Å². The molecular weight excluding hydrogens is 1110 g/mol. The first-order chi connectivity index (χ1) is 36.0. The van der Waals surface area contributed by atoms with Gasteiger partial charge in [-0.1, -0.05) is 115 Å². The second-order valence-corrected chi connectivity index (χ2v) is 43.7. The highest BCUT2D eigenvalue weighted by atomic mass is 31.2. The number of rotatable bonds is 25.